The van der Waals surface area contributed by atoms with E-state index in [4.69, 9.17) is 23.2 Å². The minimum Gasteiger partial charge on any atom is -0.464 e. The van der Waals surface area contributed by atoms with E-state index < -0.39 is 6.09 Å². The minimum absolute atomic E-state index is 0.361. The first-order valence-electron chi connectivity index (χ1n) is 8.99. The summed E-state index contributed by atoms with van der Waals surface area (Å²) in [6, 6.07) is 18.0. The third kappa shape index (κ3) is 3.73. The van der Waals surface area contributed by atoms with Gasteiger partial charge in [-0.05, 0) is 24.3 Å². The number of hydrogen-bond acceptors (Lipinski definition) is 3. The van der Waals surface area contributed by atoms with Gasteiger partial charge < -0.3 is 5.11 Å². The van der Waals surface area contributed by atoms with Crippen LogP contribution >= 0.6 is 23.2 Å². The van der Waals surface area contributed by atoms with Crippen LogP contribution in [-0.4, -0.2) is 21.2 Å². The van der Waals surface area contributed by atoms with Crippen molar-refractivity contribution in [3.63, 3.8) is 0 Å². The van der Waals surface area contributed by atoms with E-state index in [9.17, 15) is 9.90 Å². The van der Waals surface area contributed by atoms with E-state index in [1.807, 2.05) is 36.4 Å². The molecule has 0 atom stereocenters. The lowest BCUT2D eigenvalue weighted by Gasteiger charge is -2.24. The summed E-state index contributed by atoms with van der Waals surface area (Å²) in [4.78, 5) is 21.9. The fourth-order valence-corrected chi connectivity index (χ4v) is 3.75. The van der Waals surface area contributed by atoms with E-state index in [1.165, 1.54) is 12.4 Å². The summed E-state index contributed by atoms with van der Waals surface area (Å²) in [6.07, 6.45) is 5.00. The van der Waals surface area contributed by atoms with Crippen molar-refractivity contribution in [2.45, 2.75) is 0 Å². The van der Waals surface area contributed by atoms with Crippen molar-refractivity contribution >= 4 is 40.7 Å². The van der Waals surface area contributed by atoms with Gasteiger partial charge in [-0.1, -0.05) is 59.6 Å². The highest BCUT2D eigenvalue weighted by Gasteiger charge is 2.25. The molecule has 148 valence electrons. The Balaban J connectivity index is 1.95. The molecule has 0 bridgehead atoms. The Morgan fingerprint density at radius 2 is 1.13 bits per heavy atom. The van der Waals surface area contributed by atoms with Crippen LogP contribution in [0.1, 0.15) is 0 Å². The maximum absolute atomic E-state index is 12.4. The summed E-state index contributed by atoms with van der Waals surface area (Å²) >= 11 is 12.8. The summed E-state index contributed by atoms with van der Waals surface area (Å²) in [7, 11) is 0. The second-order valence-electron chi connectivity index (χ2n) is 6.36. The van der Waals surface area contributed by atoms with E-state index in [1.54, 1.807) is 36.7 Å². The number of halogens is 2. The molecule has 0 aliphatic carbocycles. The van der Waals surface area contributed by atoms with E-state index >= 15 is 0 Å². The average molecular weight is 436 g/mol. The molecule has 0 aliphatic rings. The second kappa shape index (κ2) is 8.53. The van der Waals surface area contributed by atoms with Crippen molar-refractivity contribution in [2.24, 2.45) is 0 Å². The highest BCUT2D eigenvalue weighted by Crippen LogP contribution is 2.42. The van der Waals surface area contributed by atoms with Crippen LogP contribution in [0.25, 0.3) is 22.3 Å². The van der Waals surface area contributed by atoms with Crippen LogP contribution in [-0.2, 0) is 0 Å². The Bertz CT molecular complexity index is 1140. The van der Waals surface area contributed by atoms with E-state index in [0.717, 1.165) is 4.90 Å². The zero-order chi connectivity index (χ0) is 21.1. The quantitative estimate of drug-likeness (QED) is 0.377. The second-order valence-corrected chi connectivity index (χ2v) is 7.18. The fraction of sp³-hybridized carbons (Fsp3) is 0. The standard InChI is InChI=1S/C23H15Cl2N3O2/c24-19-7-3-1-5-15(19)17-9-11-26-13-21(17)28(23(29)30)22-14-27-12-10-18(22)16-6-2-4-8-20(16)25/h1-14H,(H,29,30). The Kier molecular flexibility index (Phi) is 5.65. The van der Waals surface area contributed by atoms with Gasteiger partial charge in [0.25, 0.3) is 0 Å². The van der Waals surface area contributed by atoms with Crippen LogP contribution in [0.4, 0.5) is 16.2 Å². The van der Waals surface area contributed by atoms with Crippen LogP contribution in [0.15, 0.2) is 85.5 Å². The molecule has 1 amide bonds. The molecule has 0 aliphatic heterocycles. The molecule has 0 fully saturated rings. The van der Waals surface area contributed by atoms with Gasteiger partial charge in [-0.2, -0.15) is 0 Å². The lowest BCUT2D eigenvalue weighted by atomic mass is 10.0. The Morgan fingerprint density at radius 3 is 1.53 bits per heavy atom. The molecule has 7 heteroatoms. The number of anilines is 2. The van der Waals surface area contributed by atoms with Crippen LogP contribution in [0.5, 0.6) is 0 Å². The molecule has 0 radical (unpaired) electrons. The van der Waals surface area contributed by atoms with Crippen LogP contribution in [0.2, 0.25) is 10.0 Å². The van der Waals surface area contributed by atoms with Crippen molar-refractivity contribution in [3.05, 3.63) is 95.5 Å². The van der Waals surface area contributed by atoms with Gasteiger partial charge in [0.1, 0.15) is 0 Å². The van der Waals surface area contributed by atoms with E-state index in [0.29, 0.717) is 43.7 Å². The van der Waals surface area contributed by atoms with Crippen molar-refractivity contribution in [3.8, 4) is 22.3 Å². The zero-order valence-electron chi connectivity index (χ0n) is 15.5. The number of carbonyl (C=O) groups is 1. The average Bonchev–Trinajstić information content (AvgIpc) is 2.75. The molecule has 2 aromatic carbocycles. The molecule has 0 saturated carbocycles. The summed E-state index contributed by atoms with van der Waals surface area (Å²) in [5.41, 5.74) is 3.38. The molecule has 0 spiro atoms. The zero-order valence-corrected chi connectivity index (χ0v) is 17.0. The van der Waals surface area contributed by atoms with Gasteiger partial charge in [0.15, 0.2) is 0 Å². The van der Waals surface area contributed by atoms with Crippen LogP contribution in [0.3, 0.4) is 0 Å². The van der Waals surface area contributed by atoms with Gasteiger partial charge in [-0.3, -0.25) is 9.97 Å². The highest BCUT2D eigenvalue weighted by atomic mass is 35.5. The molecule has 0 unspecified atom stereocenters. The van der Waals surface area contributed by atoms with Gasteiger partial charge in [0.05, 0.1) is 23.8 Å². The molecular formula is C23H15Cl2N3O2. The van der Waals surface area contributed by atoms with E-state index in [2.05, 4.69) is 9.97 Å². The normalized spacial score (nSPS) is 10.6. The molecular weight excluding hydrogens is 421 g/mol. The maximum Gasteiger partial charge on any atom is 0.416 e. The summed E-state index contributed by atoms with van der Waals surface area (Å²) in [5, 5.41) is 11.2. The summed E-state index contributed by atoms with van der Waals surface area (Å²) in [5.74, 6) is 0. The Labute approximate surface area is 183 Å². The Hall–Kier alpha value is -3.41. The van der Waals surface area contributed by atoms with Crippen LogP contribution in [0, 0.1) is 0 Å². The van der Waals surface area contributed by atoms with Crippen molar-refractivity contribution in [1.82, 2.24) is 9.97 Å². The smallest absolute Gasteiger partial charge is 0.416 e. The van der Waals surface area contributed by atoms with E-state index in [-0.39, 0.29) is 0 Å². The number of hydrogen-bond donors (Lipinski definition) is 1. The fourth-order valence-electron chi connectivity index (χ4n) is 3.28. The molecule has 2 heterocycles. The topological polar surface area (TPSA) is 66.3 Å². The number of aromatic nitrogens is 2. The molecule has 1 N–H and O–H groups in total. The van der Waals surface area contributed by atoms with Crippen molar-refractivity contribution in [1.29, 1.82) is 0 Å². The molecule has 4 rings (SSSR count). The third-order valence-corrected chi connectivity index (χ3v) is 5.26. The largest absolute Gasteiger partial charge is 0.464 e. The molecule has 30 heavy (non-hydrogen) atoms. The number of nitrogens with zero attached hydrogens (tertiary/aromatic N) is 3. The minimum atomic E-state index is -1.18. The predicted octanol–water partition coefficient (Wildman–Crippen LogP) is 6.93. The summed E-state index contributed by atoms with van der Waals surface area (Å²) < 4.78 is 0. The molecule has 4 aromatic rings. The van der Waals surface area contributed by atoms with Gasteiger partial charge in [0.2, 0.25) is 0 Å². The molecule has 2 aromatic heterocycles. The number of pyridine rings is 2. The number of amides is 1. The highest BCUT2D eigenvalue weighted by molar-refractivity contribution is 6.34. The number of benzene rings is 2. The third-order valence-electron chi connectivity index (χ3n) is 4.60. The number of rotatable bonds is 4. The van der Waals surface area contributed by atoms with Crippen molar-refractivity contribution in [2.75, 3.05) is 4.90 Å². The van der Waals surface area contributed by atoms with Crippen LogP contribution < -0.4 is 4.90 Å². The Morgan fingerprint density at radius 1 is 0.700 bits per heavy atom. The first-order valence-corrected chi connectivity index (χ1v) is 9.74. The van der Waals surface area contributed by atoms with Gasteiger partial charge in [0, 0.05) is 44.7 Å². The molecule has 0 saturated heterocycles. The van der Waals surface area contributed by atoms with Gasteiger partial charge in [-0.15, -0.1) is 0 Å². The van der Waals surface area contributed by atoms with Crippen molar-refractivity contribution < 1.29 is 9.90 Å². The van der Waals surface area contributed by atoms with Gasteiger partial charge in [-0.25, -0.2) is 9.69 Å². The molecule has 5 nitrogen and oxygen atoms in total. The van der Waals surface area contributed by atoms with Gasteiger partial charge >= 0.3 is 6.09 Å². The first kappa shape index (κ1) is 19.9. The lowest BCUT2D eigenvalue weighted by molar-refractivity contribution is 0.205. The SMILES string of the molecule is O=C(O)N(c1cnccc1-c1ccccc1Cl)c1cnccc1-c1ccccc1Cl. The lowest BCUT2D eigenvalue weighted by Crippen LogP contribution is -2.25. The summed E-state index contributed by atoms with van der Waals surface area (Å²) in [6.45, 7) is 0. The predicted molar refractivity (Wildman–Crippen MR) is 120 cm³/mol. The maximum atomic E-state index is 12.4. The number of carboxylic acid groups (broad SMARTS) is 1. The monoisotopic (exact) mass is 435 g/mol. The first-order chi connectivity index (χ1) is 14.6.